The van der Waals surface area contributed by atoms with Gasteiger partial charge < -0.3 is 15.4 Å². The van der Waals surface area contributed by atoms with E-state index in [-0.39, 0.29) is 5.91 Å². The fourth-order valence-electron chi connectivity index (χ4n) is 2.42. The molecular formula is C16H24N4O2. The zero-order chi connectivity index (χ0) is 15.6. The highest BCUT2D eigenvalue weighted by Gasteiger charge is 2.08. The Balaban J connectivity index is 1.80. The highest BCUT2D eigenvalue weighted by molar-refractivity contribution is 5.92. The van der Waals surface area contributed by atoms with Gasteiger partial charge in [0.25, 0.3) is 5.91 Å². The van der Waals surface area contributed by atoms with Crippen molar-refractivity contribution in [3.8, 4) is 0 Å². The van der Waals surface area contributed by atoms with Crippen molar-refractivity contribution >= 4 is 11.7 Å². The van der Waals surface area contributed by atoms with Gasteiger partial charge in [-0.05, 0) is 32.1 Å². The molecule has 0 aliphatic heterocycles. The van der Waals surface area contributed by atoms with Crippen LogP contribution in [0.2, 0.25) is 0 Å². The Hall–Kier alpha value is -1.95. The van der Waals surface area contributed by atoms with Gasteiger partial charge in [-0.1, -0.05) is 11.6 Å². The first-order valence-electron chi connectivity index (χ1n) is 7.80. The molecule has 0 saturated heterocycles. The standard InChI is InChI=1S/C16H24N4O2/c1-22-10-9-18-16(21)14-11-15(20-12-19-14)17-8-7-13-5-3-2-4-6-13/h5,11-12H,2-4,6-10H2,1H3,(H,18,21)(H,17,19,20). The largest absolute Gasteiger partial charge is 0.383 e. The van der Waals surface area contributed by atoms with Gasteiger partial charge in [-0.15, -0.1) is 0 Å². The number of methoxy groups -OCH3 is 1. The van der Waals surface area contributed by atoms with Crippen LogP contribution in [0.5, 0.6) is 0 Å². The first-order valence-corrected chi connectivity index (χ1v) is 7.80. The second kappa shape index (κ2) is 9.15. The van der Waals surface area contributed by atoms with E-state index in [1.807, 2.05) is 0 Å². The van der Waals surface area contributed by atoms with Gasteiger partial charge in [0.05, 0.1) is 6.61 Å². The summed E-state index contributed by atoms with van der Waals surface area (Å²) in [7, 11) is 1.60. The van der Waals surface area contributed by atoms with Gasteiger partial charge in [0, 0.05) is 26.3 Å². The van der Waals surface area contributed by atoms with E-state index >= 15 is 0 Å². The molecule has 0 saturated carbocycles. The molecule has 120 valence electrons. The Morgan fingerprint density at radius 2 is 2.23 bits per heavy atom. The third kappa shape index (κ3) is 5.44. The molecule has 0 bridgehead atoms. The molecular weight excluding hydrogens is 280 g/mol. The number of nitrogens with zero attached hydrogens (tertiary/aromatic N) is 2. The number of allylic oxidation sites excluding steroid dienone is 1. The minimum Gasteiger partial charge on any atom is -0.383 e. The van der Waals surface area contributed by atoms with E-state index in [4.69, 9.17) is 4.74 Å². The van der Waals surface area contributed by atoms with Crippen molar-refractivity contribution in [2.75, 3.05) is 32.1 Å². The van der Waals surface area contributed by atoms with Gasteiger partial charge in [0.2, 0.25) is 0 Å². The van der Waals surface area contributed by atoms with E-state index in [0.717, 1.165) is 13.0 Å². The summed E-state index contributed by atoms with van der Waals surface area (Å²) in [6, 6.07) is 1.68. The lowest BCUT2D eigenvalue weighted by atomic mass is 9.97. The molecule has 1 aromatic heterocycles. The maximum atomic E-state index is 11.9. The van der Waals surface area contributed by atoms with Crippen LogP contribution < -0.4 is 10.6 Å². The van der Waals surface area contributed by atoms with Crippen molar-refractivity contribution in [2.24, 2.45) is 0 Å². The summed E-state index contributed by atoms with van der Waals surface area (Å²) >= 11 is 0. The van der Waals surface area contributed by atoms with Crippen LogP contribution >= 0.6 is 0 Å². The van der Waals surface area contributed by atoms with Crippen molar-refractivity contribution in [2.45, 2.75) is 32.1 Å². The van der Waals surface area contributed by atoms with Crippen LogP contribution in [0.15, 0.2) is 24.0 Å². The molecule has 1 aromatic rings. The summed E-state index contributed by atoms with van der Waals surface area (Å²) in [5.41, 5.74) is 1.89. The number of nitrogens with one attached hydrogen (secondary N) is 2. The maximum absolute atomic E-state index is 11.9. The number of aromatic nitrogens is 2. The van der Waals surface area contributed by atoms with Crippen LogP contribution in [-0.2, 0) is 4.74 Å². The van der Waals surface area contributed by atoms with Gasteiger partial charge in [0.1, 0.15) is 17.8 Å². The topological polar surface area (TPSA) is 76.1 Å². The Bertz CT molecular complexity index is 517. The molecule has 1 amide bonds. The predicted molar refractivity (Wildman–Crippen MR) is 85.9 cm³/mol. The molecule has 22 heavy (non-hydrogen) atoms. The molecule has 1 aliphatic rings. The molecule has 6 nitrogen and oxygen atoms in total. The molecule has 1 heterocycles. The lowest BCUT2D eigenvalue weighted by molar-refractivity contribution is 0.0932. The Morgan fingerprint density at radius 3 is 3.00 bits per heavy atom. The summed E-state index contributed by atoms with van der Waals surface area (Å²) in [6.45, 7) is 1.78. The molecule has 1 aliphatic carbocycles. The second-order valence-electron chi connectivity index (χ2n) is 5.32. The molecule has 0 radical (unpaired) electrons. The zero-order valence-electron chi connectivity index (χ0n) is 13.1. The third-order valence-corrected chi connectivity index (χ3v) is 3.63. The number of carbonyl (C=O) groups is 1. The number of anilines is 1. The summed E-state index contributed by atoms with van der Waals surface area (Å²) in [5, 5.41) is 6.00. The molecule has 0 atom stereocenters. The van der Waals surface area contributed by atoms with Gasteiger partial charge in [-0.25, -0.2) is 9.97 Å². The summed E-state index contributed by atoms with van der Waals surface area (Å²) in [5.74, 6) is 0.473. The quantitative estimate of drug-likeness (QED) is 0.568. The number of carbonyl (C=O) groups excluding carboxylic acids is 1. The lowest BCUT2D eigenvalue weighted by Gasteiger charge is -2.13. The second-order valence-corrected chi connectivity index (χ2v) is 5.32. The van der Waals surface area contributed by atoms with Crippen LogP contribution in [0.1, 0.15) is 42.6 Å². The van der Waals surface area contributed by atoms with Crippen LogP contribution in [0, 0.1) is 0 Å². The van der Waals surface area contributed by atoms with Crippen molar-refractivity contribution in [1.29, 1.82) is 0 Å². The highest BCUT2D eigenvalue weighted by atomic mass is 16.5. The average molecular weight is 304 g/mol. The van der Waals surface area contributed by atoms with Gasteiger partial charge in [-0.2, -0.15) is 0 Å². The Kier molecular flexibility index (Phi) is 6.83. The molecule has 6 heteroatoms. The zero-order valence-corrected chi connectivity index (χ0v) is 13.1. The minimum absolute atomic E-state index is 0.211. The Morgan fingerprint density at radius 1 is 1.32 bits per heavy atom. The van der Waals surface area contributed by atoms with Crippen LogP contribution in [0.25, 0.3) is 0 Å². The summed E-state index contributed by atoms with van der Waals surface area (Å²) in [6.07, 6.45) is 9.80. The van der Waals surface area contributed by atoms with Crippen LogP contribution in [0.4, 0.5) is 5.82 Å². The van der Waals surface area contributed by atoms with E-state index < -0.39 is 0 Å². The van der Waals surface area contributed by atoms with E-state index in [0.29, 0.717) is 24.7 Å². The van der Waals surface area contributed by atoms with Gasteiger partial charge >= 0.3 is 0 Å². The van der Waals surface area contributed by atoms with Gasteiger partial charge in [-0.3, -0.25) is 4.79 Å². The van der Waals surface area contributed by atoms with E-state index in [1.54, 1.807) is 13.2 Å². The van der Waals surface area contributed by atoms with Crippen molar-refractivity contribution in [3.05, 3.63) is 29.7 Å². The molecule has 0 spiro atoms. The monoisotopic (exact) mass is 304 g/mol. The lowest BCUT2D eigenvalue weighted by Crippen LogP contribution is -2.27. The SMILES string of the molecule is COCCNC(=O)c1cc(NCCC2=CCCCC2)ncn1. The first kappa shape index (κ1) is 16.4. The fraction of sp³-hybridized carbons (Fsp3) is 0.562. The number of rotatable bonds is 8. The van der Waals surface area contributed by atoms with Crippen molar-refractivity contribution < 1.29 is 9.53 Å². The first-order chi connectivity index (χ1) is 10.8. The van der Waals surface area contributed by atoms with Crippen molar-refractivity contribution in [1.82, 2.24) is 15.3 Å². The van der Waals surface area contributed by atoms with E-state index in [9.17, 15) is 4.79 Å². The normalized spacial score (nSPS) is 14.3. The predicted octanol–water partition coefficient (Wildman–Crippen LogP) is 2.16. The van der Waals surface area contributed by atoms with Crippen LogP contribution in [0.3, 0.4) is 0 Å². The molecule has 2 rings (SSSR count). The van der Waals surface area contributed by atoms with Crippen molar-refractivity contribution in [3.63, 3.8) is 0 Å². The molecule has 0 fully saturated rings. The smallest absolute Gasteiger partial charge is 0.270 e. The number of hydrogen-bond acceptors (Lipinski definition) is 5. The number of amides is 1. The summed E-state index contributed by atoms with van der Waals surface area (Å²) in [4.78, 5) is 20.1. The Labute approximate surface area is 131 Å². The van der Waals surface area contributed by atoms with E-state index in [2.05, 4.69) is 26.7 Å². The third-order valence-electron chi connectivity index (χ3n) is 3.63. The minimum atomic E-state index is -0.211. The van der Waals surface area contributed by atoms with E-state index in [1.165, 1.54) is 37.6 Å². The fourth-order valence-corrected chi connectivity index (χ4v) is 2.42. The maximum Gasteiger partial charge on any atom is 0.270 e. The van der Waals surface area contributed by atoms with Crippen LogP contribution in [-0.4, -0.2) is 42.7 Å². The molecule has 2 N–H and O–H groups in total. The number of hydrogen-bond donors (Lipinski definition) is 2. The highest BCUT2D eigenvalue weighted by Crippen LogP contribution is 2.19. The summed E-state index contributed by atoms with van der Waals surface area (Å²) < 4.78 is 4.90. The van der Waals surface area contributed by atoms with Gasteiger partial charge in [0.15, 0.2) is 0 Å². The molecule has 0 unspecified atom stereocenters. The number of ether oxygens (including phenoxy) is 1. The average Bonchev–Trinajstić information content (AvgIpc) is 2.56. The molecule has 0 aromatic carbocycles.